The Morgan fingerprint density at radius 1 is 1.17 bits per heavy atom. The summed E-state index contributed by atoms with van der Waals surface area (Å²) in [7, 11) is 0. The van der Waals surface area contributed by atoms with E-state index in [1.165, 1.54) is 5.56 Å². The summed E-state index contributed by atoms with van der Waals surface area (Å²) in [6, 6.07) is 4.14. The van der Waals surface area contributed by atoms with Crippen LogP contribution in [0.2, 0.25) is 0 Å². The molecule has 3 heterocycles. The molecule has 4 heteroatoms. The third-order valence-corrected chi connectivity index (χ3v) is 5.08. The van der Waals surface area contributed by atoms with Crippen molar-refractivity contribution in [2.45, 2.75) is 46.6 Å². The van der Waals surface area contributed by atoms with Crippen molar-refractivity contribution in [2.75, 3.05) is 26.2 Å². The number of likely N-dealkylation sites (tertiary alicyclic amines) is 2. The molecule has 2 fully saturated rings. The zero-order valence-electron chi connectivity index (χ0n) is 14.7. The molecule has 4 nitrogen and oxygen atoms in total. The van der Waals surface area contributed by atoms with Gasteiger partial charge >= 0.3 is 0 Å². The van der Waals surface area contributed by atoms with Crippen LogP contribution >= 0.6 is 0 Å². The smallest absolute Gasteiger partial charge is 0.230 e. The molecule has 1 unspecified atom stereocenters. The van der Waals surface area contributed by atoms with E-state index in [1.807, 2.05) is 12.4 Å². The van der Waals surface area contributed by atoms with Crippen LogP contribution in [0.15, 0.2) is 24.5 Å². The highest BCUT2D eigenvalue weighted by Gasteiger charge is 2.48. The van der Waals surface area contributed by atoms with Crippen LogP contribution in [0.5, 0.6) is 0 Å². The zero-order chi connectivity index (χ0) is 16.5. The summed E-state index contributed by atoms with van der Waals surface area (Å²) in [6.45, 7) is 11.3. The number of piperidine rings is 1. The van der Waals surface area contributed by atoms with E-state index in [4.69, 9.17) is 0 Å². The van der Waals surface area contributed by atoms with Gasteiger partial charge in [0.25, 0.3) is 0 Å². The Bertz CT molecular complexity index is 551. The molecule has 1 spiro atoms. The molecule has 23 heavy (non-hydrogen) atoms. The van der Waals surface area contributed by atoms with Crippen molar-refractivity contribution < 1.29 is 4.79 Å². The van der Waals surface area contributed by atoms with Crippen LogP contribution in [0.3, 0.4) is 0 Å². The molecule has 0 N–H and O–H groups in total. The normalized spacial score (nSPS) is 26.2. The molecule has 126 valence electrons. The highest BCUT2D eigenvalue weighted by molar-refractivity contribution is 5.84. The summed E-state index contributed by atoms with van der Waals surface area (Å²) >= 11 is 0. The quantitative estimate of drug-likeness (QED) is 0.860. The van der Waals surface area contributed by atoms with Crippen LogP contribution in [-0.4, -0.2) is 46.9 Å². The number of nitrogens with zero attached hydrogens (tertiary/aromatic N) is 3. The lowest BCUT2D eigenvalue weighted by Crippen LogP contribution is -2.52. The van der Waals surface area contributed by atoms with E-state index < -0.39 is 0 Å². The lowest BCUT2D eigenvalue weighted by atomic mass is 9.77. The van der Waals surface area contributed by atoms with Crippen molar-refractivity contribution in [1.82, 2.24) is 14.8 Å². The average Bonchev–Trinajstić information content (AvgIpc) is 2.88. The number of hydrogen-bond donors (Lipinski definition) is 0. The Hall–Kier alpha value is -1.42. The van der Waals surface area contributed by atoms with E-state index in [1.54, 1.807) is 0 Å². The third kappa shape index (κ3) is 3.74. The molecule has 0 radical (unpaired) electrons. The number of amides is 1. The number of carbonyl (C=O) groups is 1. The maximum atomic E-state index is 13.1. The van der Waals surface area contributed by atoms with Gasteiger partial charge in [0.15, 0.2) is 0 Å². The highest BCUT2D eigenvalue weighted by Crippen LogP contribution is 2.41. The van der Waals surface area contributed by atoms with Crippen molar-refractivity contribution in [2.24, 2.45) is 10.8 Å². The summed E-state index contributed by atoms with van der Waals surface area (Å²) < 4.78 is 0. The molecule has 1 amide bonds. The fraction of sp³-hybridized carbons (Fsp3) is 0.684. The lowest BCUT2D eigenvalue weighted by molar-refractivity contribution is -0.147. The maximum Gasteiger partial charge on any atom is 0.230 e. The van der Waals surface area contributed by atoms with Gasteiger partial charge < -0.3 is 4.90 Å². The largest absolute Gasteiger partial charge is 0.342 e. The number of rotatable bonds is 3. The summed E-state index contributed by atoms with van der Waals surface area (Å²) in [5.41, 5.74) is 1.33. The van der Waals surface area contributed by atoms with Crippen LogP contribution in [0.25, 0.3) is 0 Å². The number of pyridine rings is 1. The first-order chi connectivity index (χ1) is 10.9. The van der Waals surface area contributed by atoms with Gasteiger partial charge in [-0.3, -0.25) is 14.7 Å². The Morgan fingerprint density at radius 3 is 2.61 bits per heavy atom. The van der Waals surface area contributed by atoms with E-state index in [2.05, 4.69) is 47.7 Å². The molecule has 2 aliphatic rings. The van der Waals surface area contributed by atoms with Gasteiger partial charge in [0.2, 0.25) is 5.91 Å². The van der Waals surface area contributed by atoms with E-state index in [0.29, 0.717) is 5.91 Å². The third-order valence-electron chi connectivity index (χ3n) is 5.08. The average molecular weight is 315 g/mol. The molecule has 1 aromatic heterocycles. The second-order valence-corrected chi connectivity index (χ2v) is 8.49. The van der Waals surface area contributed by atoms with Crippen LogP contribution in [0.4, 0.5) is 0 Å². The fourth-order valence-electron chi connectivity index (χ4n) is 4.09. The molecule has 2 aliphatic heterocycles. The van der Waals surface area contributed by atoms with E-state index in [9.17, 15) is 4.79 Å². The molecule has 1 aromatic rings. The van der Waals surface area contributed by atoms with Gasteiger partial charge in [-0.1, -0.05) is 20.8 Å². The number of carbonyl (C=O) groups excluding carboxylic acids is 1. The van der Waals surface area contributed by atoms with E-state index >= 15 is 0 Å². The highest BCUT2D eigenvalue weighted by atomic mass is 16.2. The first kappa shape index (κ1) is 16.4. The number of hydrogen-bond acceptors (Lipinski definition) is 3. The van der Waals surface area contributed by atoms with Gasteiger partial charge in [0, 0.05) is 38.6 Å². The van der Waals surface area contributed by atoms with Crippen molar-refractivity contribution in [3.8, 4) is 0 Å². The molecule has 0 bridgehead atoms. The van der Waals surface area contributed by atoms with Crippen molar-refractivity contribution in [3.63, 3.8) is 0 Å². The minimum atomic E-state index is -0.128. The second kappa shape index (κ2) is 6.23. The molecule has 3 rings (SSSR count). The minimum Gasteiger partial charge on any atom is -0.342 e. The summed E-state index contributed by atoms with van der Waals surface area (Å²) in [6.07, 6.45) is 6.90. The van der Waals surface area contributed by atoms with Crippen molar-refractivity contribution in [3.05, 3.63) is 30.1 Å². The molecule has 0 saturated carbocycles. The second-order valence-electron chi connectivity index (χ2n) is 8.49. The Labute approximate surface area is 139 Å². The van der Waals surface area contributed by atoms with Crippen LogP contribution < -0.4 is 0 Å². The van der Waals surface area contributed by atoms with E-state index in [-0.39, 0.29) is 10.8 Å². The summed E-state index contributed by atoms with van der Waals surface area (Å²) in [4.78, 5) is 21.8. The van der Waals surface area contributed by atoms with Gasteiger partial charge in [0.1, 0.15) is 0 Å². The van der Waals surface area contributed by atoms with Crippen LogP contribution in [0, 0.1) is 10.8 Å². The van der Waals surface area contributed by atoms with Gasteiger partial charge in [0.05, 0.1) is 5.41 Å². The van der Waals surface area contributed by atoms with Gasteiger partial charge in [-0.25, -0.2) is 0 Å². The summed E-state index contributed by atoms with van der Waals surface area (Å²) in [5.74, 6) is 0.399. The van der Waals surface area contributed by atoms with Crippen molar-refractivity contribution in [1.29, 1.82) is 0 Å². The van der Waals surface area contributed by atoms with Gasteiger partial charge in [-0.15, -0.1) is 0 Å². The predicted molar refractivity (Wildman–Crippen MR) is 91.8 cm³/mol. The monoisotopic (exact) mass is 315 g/mol. The van der Waals surface area contributed by atoms with Crippen LogP contribution in [-0.2, 0) is 11.3 Å². The fourth-order valence-corrected chi connectivity index (χ4v) is 4.09. The Morgan fingerprint density at radius 2 is 1.91 bits per heavy atom. The zero-order valence-corrected chi connectivity index (χ0v) is 14.7. The van der Waals surface area contributed by atoms with E-state index in [0.717, 1.165) is 52.0 Å². The molecule has 0 aliphatic carbocycles. The summed E-state index contributed by atoms with van der Waals surface area (Å²) in [5, 5.41) is 0. The van der Waals surface area contributed by atoms with Gasteiger partial charge in [-0.05, 0) is 48.9 Å². The molecule has 0 aromatic carbocycles. The molecular weight excluding hydrogens is 286 g/mol. The predicted octanol–water partition coefficient (Wildman–Crippen LogP) is 2.94. The first-order valence-electron chi connectivity index (χ1n) is 8.79. The molecule has 2 saturated heterocycles. The standard InChI is InChI=1S/C19H29N3O/c1-18(2,3)14-22-11-4-7-19(17(22)23)8-12-21(15-19)13-16-5-9-20-10-6-16/h5-6,9-10H,4,7-8,11-15H2,1-3H3. The topological polar surface area (TPSA) is 36.4 Å². The Balaban J connectivity index is 1.66. The number of aromatic nitrogens is 1. The van der Waals surface area contributed by atoms with Gasteiger partial charge in [-0.2, -0.15) is 0 Å². The first-order valence-corrected chi connectivity index (χ1v) is 8.79. The van der Waals surface area contributed by atoms with Crippen LogP contribution in [0.1, 0.15) is 45.6 Å². The lowest BCUT2D eigenvalue weighted by Gasteiger charge is -2.42. The molecule has 1 atom stereocenters. The SMILES string of the molecule is CC(C)(C)CN1CCCC2(CCN(Cc3ccncc3)C2)C1=O. The minimum absolute atomic E-state index is 0.128. The maximum absolute atomic E-state index is 13.1. The molecular formula is C19H29N3O. The van der Waals surface area contributed by atoms with Crippen molar-refractivity contribution >= 4 is 5.91 Å². The Kier molecular flexibility index (Phi) is 4.45.